The summed E-state index contributed by atoms with van der Waals surface area (Å²) in [5, 5.41) is 3.12. The van der Waals surface area contributed by atoms with Gasteiger partial charge < -0.3 is 10.1 Å². The van der Waals surface area contributed by atoms with E-state index >= 15 is 0 Å². The summed E-state index contributed by atoms with van der Waals surface area (Å²) < 4.78 is 32.2. The number of carbonyl (C=O) groups is 1. The maximum absolute atomic E-state index is 12.4. The van der Waals surface area contributed by atoms with Gasteiger partial charge in [0.2, 0.25) is 5.91 Å². The molecule has 0 aromatic heterocycles. The number of methoxy groups -OCH3 is 1. The third-order valence-electron chi connectivity index (χ3n) is 3.65. The van der Waals surface area contributed by atoms with Gasteiger partial charge in [-0.25, -0.2) is 8.42 Å². The zero-order chi connectivity index (χ0) is 19.2. The topological polar surface area (TPSA) is 84.5 Å². The number of nitrogens with one attached hydrogen (secondary N) is 2. The second kappa shape index (κ2) is 9.02. The highest BCUT2D eigenvalue weighted by molar-refractivity contribution is 7.92. The minimum Gasteiger partial charge on any atom is -0.383 e. The van der Waals surface area contributed by atoms with Crippen LogP contribution < -0.4 is 10.0 Å². The summed E-state index contributed by atoms with van der Waals surface area (Å²) >= 11 is 6.00. The van der Waals surface area contributed by atoms with Crippen LogP contribution in [0.5, 0.6) is 0 Å². The Kier molecular flexibility index (Phi) is 7.02. The molecule has 2 aromatic rings. The molecule has 0 bridgehead atoms. The third-order valence-corrected chi connectivity index (χ3v) is 5.44. The molecule has 0 fully saturated rings. The van der Waals surface area contributed by atoms with Crippen LogP contribution >= 0.6 is 11.6 Å². The summed E-state index contributed by atoms with van der Waals surface area (Å²) in [7, 11) is -2.17. The fourth-order valence-corrected chi connectivity index (χ4v) is 3.52. The number of benzene rings is 2. The molecule has 0 saturated heterocycles. The highest BCUT2D eigenvalue weighted by Crippen LogP contribution is 2.22. The van der Waals surface area contributed by atoms with E-state index in [4.69, 9.17) is 16.3 Å². The van der Waals surface area contributed by atoms with Gasteiger partial charge in [-0.15, -0.1) is 0 Å². The number of sulfonamides is 1. The molecule has 2 aromatic carbocycles. The fraction of sp³-hybridized carbons (Fsp3) is 0.278. The lowest BCUT2D eigenvalue weighted by molar-refractivity contribution is -0.120. The standard InChI is InChI=1S/C18H21ClN2O4S/c1-13-3-8-16(12-17(13)19)26(23,24)21-15-6-4-14(5-7-15)11-18(22)20-9-10-25-2/h3-8,12,21H,9-11H2,1-2H3,(H,20,22). The molecule has 0 saturated carbocycles. The number of hydrogen-bond donors (Lipinski definition) is 2. The van der Waals surface area contributed by atoms with E-state index in [0.29, 0.717) is 23.9 Å². The van der Waals surface area contributed by atoms with Gasteiger partial charge in [-0.2, -0.15) is 0 Å². The average molecular weight is 397 g/mol. The molecule has 2 rings (SSSR count). The van der Waals surface area contributed by atoms with Crippen LogP contribution in [0.2, 0.25) is 5.02 Å². The van der Waals surface area contributed by atoms with Crippen molar-refractivity contribution in [2.45, 2.75) is 18.2 Å². The first-order valence-electron chi connectivity index (χ1n) is 7.95. The van der Waals surface area contributed by atoms with E-state index in [2.05, 4.69) is 10.0 Å². The van der Waals surface area contributed by atoms with Gasteiger partial charge in [0.15, 0.2) is 0 Å². The van der Waals surface area contributed by atoms with E-state index in [0.717, 1.165) is 11.1 Å². The van der Waals surface area contributed by atoms with Crippen LogP contribution in [0, 0.1) is 6.92 Å². The lowest BCUT2D eigenvalue weighted by Crippen LogP contribution is -2.28. The van der Waals surface area contributed by atoms with Crippen molar-refractivity contribution in [1.82, 2.24) is 5.32 Å². The zero-order valence-corrected chi connectivity index (χ0v) is 16.2. The van der Waals surface area contributed by atoms with Crippen molar-refractivity contribution in [2.24, 2.45) is 0 Å². The summed E-state index contributed by atoms with van der Waals surface area (Å²) in [6, 6.07) is 11.2. The molecule has 0 atom stereocenters. The van der Waals surface area contributed by atoms with Crippen molar-refractivity contribution in [3.63, 3.8) is 0 Å². The Morgan fingerprint density at radius 3 is 2.46 bits per heavy atom. The quantitative estimate of drug-likeness (QED) is 0.672. The normalized spacial score (nSPS) is 11.2. The van der Waals surface area contributed by atoms with E-state index in [1.165, 1.54) is 12.1 Å². The molecule has 0 aliphatic heterocycles. The third kappa shape index (κ3) is 5.72. The number of anilines is 1. The minimum absolute atomic E-state index is 0.0923. The van der Waals surface area contributed by atoms with Crippen LogP contribution in [0.25, 0.3) is 0 Å². The minimum atomic E-state index is -3.73. The van der Waals surface area contributed by atoms with Crippen LogP contribution in [0.3, 0.4) is 0 Å². The lowest BCUT2D eigenvalue weighted by atomic mass is 10.1. The first kappa shape index (κ1) is 20.2. The Labute approximate surface area is 158 Å². The molecule has 2 N–H and O–H groups in total. The maximum atomic E-state index is 12.4. The number of amides is 1. The molecule has 6 nitrogen and oxygen atoms in total. The molecule has 8 heteroatoms. The monoisotopic (exact) mass is 396 g/mol. The number of carbonyl (C=O) groups excluding carboxylic acids is 1. The molecule has 0 aliphatic carbocycles. The first-order chi connectivity index (χ1) is 12.3. The van der Waals surface area contributed by atoms with Crippen LogP contribution in [-0.4, -0.2) is 34.6 Å². The predicted molar refractivity (Wildman–Crippen MR) is 102 cm³/mol. The molecule has 0 heterocycles. The van der Waals surface area contributed by atoms with E-state index in [-0.39, 0.29) is 17.2 Å². The largest absolute Gasteiger partial charge is 0.383 e. The SMILES string of the molecule is COCCNC(=O)Cc1ccc(NS(=O)(=O)c2ccc(C)c(Cl)c2)cc1. The molecular weight excluding hydrogens is 376 g/mol. The summed E-state index contributed by atoms with van der Waals surface area (Å²) in [6.07, 6.45) is 0.213. The predicted octanol–water partition coefficient (Wildman–Crippen LogP) is 2.75. The number of aryl methyl sites for hydroxylation is 1. The molecule has 1 amide bonds. The first-order valence-corrected chi connectivity index (χ1v) is 9.81. The van der Waals surface area contributed by atoms with Gasteiger partial charge >= 0.3 is 0 Å². The Bertz CT molecular complexity index is 867. The van der Waals surface area contributed by atoms with Gasteiger partial charge in [0.1, 0.15) is 0 Å². The zero-order valence-electron chi connectivity index (χ0n) is 14.6. The molecule has 26 heavy (non-hydrogen) atoms. The molecule has 140 valence electrons. The van der Waals surface area contributed by atoms with Crippen molar-refractivity contribution in [3.8, 4) is 0 Å². The fourth-order valence-electron chi connectivity index (χ4n) is 2.19. The highest BCUT2D eigenvalue weighted by Gasteiger charge is 2.15. The van der Waals surface area contributed by atoms with Crippen LogP contribution in [0.1, 0.15) is 11.1 Å². The number of halogens is 1. The second-order valence-corrected chi connectivity index (χ2v) is 7.82. The van der Waals surface area contributed by atoms with E-state index in [1.807, 2.05) is 0 Å². The Morgan fingerprint density at radius 2 is 1.85 bits per heavy atom. The smallest absolute Gasteiger partial charge is 0.261 e. The molecule has 0 spiro atoms. The van der Waals surface area contributed by atoms with Gasteiger partial charge in [0, 0.05) is 24.4 Å². The van der Waals surface area contributed by atoms with E-state index in [1.54, 1.807) is 44.4 Å². The average Bonchev–Trinajstić information content (AvgIpc) is 2.59. The molecule has 0 radical (unpaired) electrons. The van der Waals surface area contributed by atoms with Crippen molar-refractivity contribution in [2.75, 3.05) is 25.0 Å². The van der Waals surface area contributed by atoms with Gasteiger partial charge in [0.25, 0.3) is 10.0 Å². The Hall–Kier alpha value is -2.09. The van der Waals surface area contributed by atoms with Crippen LogP contribution in [0.4, 0.5) is 5.69 Å². The van der Waals surface area contributed by atoms with Crippen LogP contribution in [0.15, 0.2) is 47.4 Å². The van der Waals surface area contributed by atoms with Crippen molar-refractivity contribution < 1.29 is 17.9 Å². The van der Waals surface area contributed by atoms with Crippen molar-refractivity contribution >= 4 is 33.2 Å². The van der Waals surface area contributed by atoms with E-state index in [9.17, 15) is 13.2 Å². The number of ether oxygens (including phenoxy) is 1. The van der Waals surface area contributed by atoms with Gasteiger partial charge in [0.05, 0.1) is 17.9 Å². The lowest BCUT2D eigenvalue weighted by Gasteiger charge is -2.10. The number of rotatable bonds is 8. The van der Waals surface area contributed by atoms with Gasteiger partial charge in [-0.05, 0) is 42.3 Å². The highest BCUT2D eigenvalue weighted by atomic mass is 35.5. The summed E-state index contributed by atoms with van der Waals surface area (Å²) in [6.45, 7) is 2.71. The summed E-state index contributed by atoms with van der Waals surface area (Å²) in [5.74, 6) is -0.121. The van der Waals surface area contributed by atoms with Crippen molar-refractivity contribution in [3.05, 3.63) is 58.6 Å². The van der Waals surface area contributed by atoms with Crippen LogP contribution in [-0.2, 0) is 26.0 Å². The van der Waals surface area contributed by atoms with Crippen molar-refractivity contribution in [1.29, 1.82) is 0 Å². The molecule has 0 aliphatic rings. The van der Waals surface area contributed by atoms with E-state index < -0.39 is 10.0 Å². The Morgan fingerprint density at radius 1 is 1.15 bits per heavy atom. The number of hydrogen-bond acceptors (Lipinski definition) is 4. The van der Waals surface area contributed by atoms with Gasteiger partial charge in [-0.1, -0.05) is 29.8 Å². The Balaban J connectivity index is 2.01. The molecular formula is C18H21ClN2O4S. The van der Waals surface area contributed by atoms with Gasteiger partial charge in [-0.3, -0.25) is 9.52 Å². The maximum Gasteiger partial charge on any atom is 0.261 e. The summed E-state index contributed by atoms with van der Waals surface area (Å²) in [4.78, 5) is 11.8. The summed E-state index contributed by atoms with van der Waals surface area (Å²) in [5.41, 5.74) is 1.99. The molecule has 0 unspecified atom stereocenters. The second-order valence-electron chi connectivity index (χ2n) is 5.73.